The Hall–Kier alpha value is -3.54. The number of nitrogens with zero attached hydrogens (tertiary/aromatic N) is 4. The first-order valence-electron chi connectivity index (χ1n) is 14.4. The fourth-order valence-electron chi connectivity index (χ4n) is 6.72. The second kappa shape index (κ2) is 10.8. The van der Waals surface area contributed by atoms with Gasteiger partial charge in [-0.1, -0.05) is 0 Å². The topological polar surface area (TPSA) is 106 Å². The maximum atomic E-state index is 13.7. The lowest BCUT2D eigenvalue weighted by Crippen LogP contribution is -2.59. The van der Waals surface area contributed by atoms with Crippen LogP contribution in [0.1, 0.15) is 69.7 Å². The molecule has 4 fully saturated rings. The van der Waals surface area contributed by atoms with Crippen molar-refractivity contribution >= 4 is 17.9 Å². The van der Waals surface area contributed by atoms with Crippen molar-refractivity contribution in [3.05, 3.63) is 34.9 Å². The van der Waals surface area contributed by atoms with Crippen LogP contribution in [0.4, 0.5) is 31.1 Å². The summed E-state index contributed by atoms with van der Waals surface area (Å²) < 4.78 is 86.1. The molecule has 1 aromatic carbocycles. The van der Waals surface area contributed by atoms with Crippen molar-refractivity contribution in [2.75, 3.05) is 13.1 Å². The van der Waals surface area contributed by atoms with Crippen molar-refractivity contribution in [3.8, 4) is 6.07 Å². The normalized spacial score (nSPS) is 28.0. The zero-order valence-corrected chi connectivity index (χ0v) is 24.5. The van der Waals surface area contributed by atoms with E-state index in [1.165, 1.54) is 16.7 Å². The number of fused-ring (bicyclic) bond motifs is 3. The van der Waals surface area contributed by atoms with Crippen LogP contribution in [-0.4, -0.2) is 81.5 Å². The van der Waals surface area contributed by atoms with Crippen LogP contribution in [0.15, 0.2) is 18.2 Å². The molecule has 3 amide bonds. The molecular formula is C29H33F6N5O4. The number of benzene rings is 1. The summed E-state index contributed by atoms with van der Waals surface area (Å²) in [5.41, 5.74) is -4.08. The predicted octanol–water partition coefficient (Wildman–Crippen LogP) is 4.48. The Bertz CT molecular complexity index is 1350. The van der Waals surface area contributed by atoms with Gasteiger partial charge in [-0.25, -0.2) is 4.79 Å². The Balaban J connectivity index is 1.35. The molecule has 1 saturated carbocycles. The number of carbonyl (C=O) groups excluding carboxylic acids is 3. The highest BCUT2D eigenvalue weighted by atomic mass is 19.4. The van der Waals surface area contributed by atoms with Gasteiger partial charge in [0.15, 0.2) is 0 Å². The fraction of sp³-hybridized carbons (Fsp3) is 0.655. The molecule has 0 spiro atoms. The van der Waals surface area contributed by atoms with Crippen molar-refractivity contribution in [2.45, 2.75) is 101 Å². The Kier molecular flexibility index (Phi) is 7.83. The largest absolute Gasteiger partial charge is 0.444 e. The second-order valence-corrected chi connectivity index (χ2v) is 13.0. The number of nitrogens with one attached hydrogen (secondary N) is 1. The van der Waals surface area contributed by atoms with Gasteiger partial charge in [-0.05, 0) is 76.6 Å². The summed E-state index contributed by atoms with van der Waals surface area (Å²) in [4.78, 5) is 44.4. The molecule has 240 valence electrons. The average molecular weight is 630 g/mol. The molecule has 3 aliphatic heterocycles. The molecule has 0 radical (unpaired) electrons. The highest BCUT2D eigenvalue weighted by Crippen LogP contribution is 2.48. The van der Waals surface area contributed by atoms with E-state index in [-0.39, 0.29) is 43.1 Å². The number of piperidine rings is 1. The van der Waals surface area contributed by atoms with Gasteiger partial charge in [0.2, 0.25) is 11.8 Å². The molecular weight excluding hydrogens is 596 g/mol. The number of nitriles is 1. The smallest absolute Gasteiger partial charge is 0.416 e. The summed E-state index contributed by atoms with van der Waals surface area (Å²) in [6, 6.07) is -0.896. The molecule has 0 aromatic heterocycles. The SMILES string of the molecule is C[C@@H](c1cc(C(F)(F)F)cc(C(F)(F)F)c1)N1C(=O)[C@@H]2CC1CN2C[C@H](NC(=O)OC(C)(C)C)C(=O)N1[C@H](C#N)C[C@@H]2C[C@@H]21. The van der Waals surface area contributed by atoms with E-state index in [9.17, 15) is 46.0 Å². The van der Waals surface area contributed by atoms with Crippen LogP contribution in [-0.2, 0) is 26.7 Å². The summed E-state index contributed by atoms with van der Waals surface area (Å²) >= 11 is 0. The highest BCUT2D eigenvalue weighted by Gasteiger charge is 2.57. The first-order chi connectivity index (χ1) is 20.3. The summed E-state index contributed by atoms with van der Waals surface area (Å²) in [7, 11) is 0. The van der Waals surface area contributed by atoms with Crippen molar-refractivity contribution < 1.29 is 45.5 Å². The van der Waals surface area contributed by atoms with Gasteiger partial charge in [-0.3, -0.25) is 14.5 Å². The maximum Gasteiger partial charge on any atom is 0.416 e. The minimum absolute atomic E-state index is 0.0474. The highest BCUT2D eigenvalue weighted by molar-refractivity contribution is 5.89. The minimum atomic E-state index is -5.02. The number of carbonyl (C=O) groups is 3. The first kappa shape index (κ1) is 31.9. The molecule has 5 rings (SSSR count). The molecule has 15 heteroatoms. The van der Waals surface area contributed by atoms with Crippen molar-refractivity contribution in [1.82, 2.24) is 20.0 Å². The zero-order valence-electron chi connectivity index (χ0n) is 24.5. The lowest BCUT2D eigenvalue weighted by molar-refractivity contribution is -0.143. The van der Waals surface area contributed by atoms with Gasteiger partial charge in [0.25, 0.3) is 0 Å². The summed E-state index contributed by atoms with van der Waals surface area (Å²) in [5, 5.41) is 12.2. The molecule has 1 aliphatic carbocycles. The lowest BCUT2D eigenvalue weighted by atomic mass is 9.98. The molecule has 3 heterocycles. The standard InChI is InChI=1S/C29H33F6N5O4/c1-14(15-5-17(28(30,31)32)9-18(6-15)29(33,34)35)39-20-10-23(25(39)42)38(12-20)13-21(37-26(43)44-27(2,3)4)24(41)40-19(11-36)7-16-8-22(16)40/h5-6,9,14,16,19-23H,7-8,10,12-13H2,1-4H3,(H,37,43)/t14-,16+,19-,20?,21-,22-,23-/m0/s1. The number of hydrogen-bond donors (Lipinski definition) is 1. The van der Waals surface area contributed by atoms with Gasteiger partial charge in [0, 0.05) is 25.2 Å². The van der Waals surface area contributed by atoms with Crippen LogP contribution in [0.5, 0.6) is 0 Å². The summed E-state index contributed by atoms with van der Waals surface area (Å²) in [5.74, 6) is -0.753. The summed E-state index contributed by atoms with van der Waals surface area (Å²) in [6.45, 7) is 6.43. The number of ether oxygens (including phenoxy) is 1. The number of rotatable bonds is 6. The van der Waals surface area contributed by atoms with Crippen LogP contribution < -0.4 is 5.32 Å². The third-order valence-corrected chi connectivity index (χ3v) is 8.74. The van der Waals surface area contributed by atoms with E-state index in [1.807, 2.05) is 0 Å². The Morgan fingerprint density at radius 2 is 1.66 bits per heavy atom. The lowest BCUT2D eigenvalue weighted by Gasteiger charge is -2.39. The van der Waals surface area contributed by atoms with E-state index >= 15 is 0 Å². The zero-order chi connectivity index (χ0) is 32.5. The van der Waals surface area contributed by atoms with Gasteiger partial charge < -0.3 is 19.9 Å². The number of amides is 3. The van der Waals surface area contributed by atoms with E-state index in [4.69, 9.17) is 4.74 Å². The van der Waals surface area contributed by atoms with Crippen LogP contribution in [0, 0.1) is 17.2 Å². The Morgan fingerprint density at radius 1 is 1.05 bits per heavy atom. The first-order valence-corrected chi connectivity index (χ1v) is 14.4. The van der Waals surface area contributed by atoms with Gasteiger partial charge in [0.05, 0.1) is 29.3 Å². The molecule has 1 unspecified atom stereocenters. The number of piperazine rings is 1. The van der Waals surface area contributed by atoms with E-state index in [0.717, 1.165) is 6.42 Å². The van der Waals surface area contributed by atoms with Crippen molar-refractivity contribution in [3.63, 3.8) is 0 Å². The molecule has 4 aliphatic rings. The van der Waals surface area contributed by atoms with E-state index in [0.29, 0.717) is 18.6 Å². The third kappa shape index (κ3) is 6.18. The van der Waals surface area contributed by atoms with Gasteiger partial charge >= 0.3 is 18.4 Å². The molecule has 2 bridgehead atoms. The predicted molar refractivity (Wildman–Crippen MR) is 141 cm³/mol. The molecule has 7 atom stereocenters. The third-order valence-electron chi connectivity index (χ3n) is 8.74. The van der Waals surface area contributed by atoms with Gasteiger partial charge in [-0.2, -0.15) is 31.6 Å². The van der Waals surface area contributed by atoms with E-state index < -0.39 is 77.2 Å². The molecule has 1 N–H and O–H groups in total. The Morgan fingerprint density at radius 3 is 2.18 bits per heavy atom. The van der Waals surface area contributed by atoms with Crippen molar-refractivity contribution in [2.24, 2.45) is 5.92 Å². The van der Waals surface area contributed by atoms with Crippen LogP contribution >= 0.6 is 0 Å². The maximum absolute atomic E-state index is 13.7. The second-order valence-electron chi connectivity index (χ2n) is 13.0. The fourth-order valence-corrected chi connectivity index (χ4v) is 6.72. The minimum Gasteiger partial charge on any atom is -0.444 e. The number of halogens is 6. The number of likely N-dealkylation sites (tertiary alicyclic amines) is 3. The Labute approximate surface area is 250 Å². The molecule has 1 aromatic rings. The number of alkyl halides is 6. The number of hydrogen-bond acceptors (Lipinski definition) is 6. The summed E-state index contributed by atoms with van der Waals surface area (Å²) in [6.07, 6.45) is -9.36. The van der Waals surface area contributed by atoms with Gasteiger partial charge in [-0.15, -0.1) is 0 Å². The van der Waals surface area contributed by atoms with Crippen LogP contribution in [0.25, 0.3) is 0 Å². The van der Waals surface area contributed by atoms with Gasteiger partial charge in [0.1, 0.15) is 17.7 Å². The number of alkyl carbamates (subject to hydrolysis) is 1. The molecule has 44 heavy (non-hydrogen) atoms. The monoisotopic (exact) mass is 629 g/mol. The average Bonchev–Trinajstić information content (AvgIpc) is 3.22. The van der Waals surface area contributed by atoms with Crippen LogP contribution in [0.3, 0.4) is 0 Å². The van der Waals surface area contributed by atoms with E-state index in [1.54, 1.807) is 25.7 Å². The van der Waals surface area contributed by atoms with Crippen molar-refractivity contribution in [1.29, 1.82) is 5.26 Å². The molecule has 3 saturated heterocycles. The van der Waals surface area contributed by atoms with E-state index in [2.05, 4.69) is 11.4 Å². The van der Waals surface area contributed by atoms with Crippen LogP contribution in [0.2, 0.25) is 0 Å². The molecule has 9 nitrogen and oxygen atoms in total. The quantitative estimate of drug-likeness (QED) is 0.466.